The molecule has 0 atom stereocenters. The van der Waals surface area contributed by atoms with Gasteiger partial charge in [-0.3, -0.25) is 4.79 Å². The number of ketones is 1. The molecule has 3 rings (SSSR count). The van der Waals surface area contributed by atoms with Crippen LogP contribution in [0.4, 0.5) is 0 Å². The van der Waals surface area contributed by atoms with Crippen LogP contribution in [0.2, 0.25) is 0 Å². The van der Waals surface area contributed by atoms with Crippen molar-refractivity contribution in [3.63, 3.8) is 0 Å². The third kappa shape index (κ3) is 4.58. The number of benzene rings is 1. The molecule has 2 aliphatic rings. The highest BCUT2D eigenvalue weighted by Crippen LogP contribution is 2.33. The van der Waals surface area contributed by atoms with Crippen LogP contribution in [-0.4, -0.2) is 38.4 Å². The summed E-state index contributed by atoms with van der Waals surface area (Å²) in [6, 6.07) is 5.68. The summed E-state index contributed by atoms with van der Waals surface area (Å²) in [6.07, 6.45) is 3.63. The van der Waals surface area contributed by atoms with Gasteiger partial charge in [-0.05, 0) is 63.1 Å². The normalized spacial score (nSPS) is 23.0. The van der Waals surface area contributed by atoms with Crippen molar-refractivity contribution < 1.29 is 22.7 Å². The Morgan fingerprint density at radius 2 is 1.73 bits per heavy atom. The second kappa shape index (κ2) is 7.99. The number of carbonyl (C=O) groups is 1. The number of hydrogen-bond acceptors (Lipinski definition) is 5. The summed E-state index contributed by atoms with van der Waals surface area (Å²) in [5.41, 5.74) is 0.948. The molecule has 0 aromatic heterocycles. The molecule has 5 nitrogen and oxygen atoms in total. The fraction of sp³-hybridized carbons (Fsp3) is 0.650. The van der Waals surface area contributed by atoms with Crippen LogP contribution in [0.1, 0.15) is 45.1 Å². The van der Waals surface area contributed by atoms with E-state index in [0.717, 1.165) is 37.0 Å². The van der Waals surface area contributed by atoms with Crippen molar-refractivity contribution in [3.8, 4) is 11.5 Å². The Balaban J connectivity index is 1.52. The first kappa shape index (κ1) is 19.2. The maximum Gasteiger partial charge on any atom is 0.161 e. The molecule has 1 aliphatic carbocycles. The van der Waals surface area contributed by atoms with Crippen LogP contribution in [0, 0.1) is 11.8 Å². The standard InChI is InChI=1S/C20H28O5S/c1-14(2)26(22,23)13-15-3-6-17(7-4-15)18(21)11-16-5-8-19-20(12-16)25-10-9-24-19/h5,8,12,14-15,17H,3-4,6-7,9-11,13H2,1-2H3. The molecule has 0 radical (unpaired) electrons. The maximum absolute atomic E-state index is 12.6. The number of rotatable bonds is 6. The Morgan fingerprint density at radius 3 is 2.38 bits per heavy atom. The van der Waals surface area contributed by atoms with Gasteiger partial charge in [0.1, 0.15) is 19.0 Å². The Morgan fingerprint density at radius 1 is 1.08 bits per heavy atom. The van der Waals surface area contributed by atoms with E-state index >= 15 is 0 Å². The van der Waals surface area contributed by atoms with Gasteiger partial charge in [-0.25, -0.2) is 8.42 Å². The topological polar surface area (TPSA) is 69.7 Å². The fourth-order valence-corrected chi connectivity index (χ4v) is 5.09. The van der Waals surface area contributed by atoms with Gasteiger partial charge in [-0.1, -0.05) is 6.07 Å². The number of carbonyl (C=O) groups excluding carboxylic acids is 1. The van der Waals surface area contributed by atoms with Crippen molar-refractivity contribution in [2.75, 3.05) is 19.0 Å². The van der Waals surface area contributed by atoms with Crippen LogP contribution in [-0.2, 0) is 21.1 Å². The first-order valence-electron chi connectivity index (χ1n) is 9.48. The van der Waals surface area contributed by atoms with Gasteiger partial charge in [0, 0.05) is 12.3 Å². The van der Waals surface area contributed by atoms with Crippen LogP contribution in [0.25, 0.3) is 0 Å². The summed E-state index contributed by atoms with van der Waals surface area (Å²) in [6.45, 7) is 4.56. The molecule has 144 valence electrons. The summed E-state index contributed by atoms with van der Waals surface area (Å²) in [5, 5.41) is -0.322. The number of fused-ring (bicyclic) bond motifs is 1. The molecule has 0 amide bonds. The number of sulfone groups is 1. The lowest BCUT2D eigenvalue weighted by Crippen LogP contribution is -2.29. The minimum absolute atomic E-state index is 0.0428. The van der Waals surface area contributed by atoms with Gasteiger partial charge in [-0.2, -0.15) is 0 Å². The minimum Gasteiger partial charge on any atom is -0.486 e. The third-order valence-electron chi connectivity index (χ3n) is 5.47. The average molecular weight is 381 g/mol. The van der Waals surface area contributed by atoms with Gasteiger partial charge >= 0.3 is 0 Å². The summed E-state index contributed by atoms with van der Waals surface area (Å²) >= 11 is 0. The number of Topliss-reactive ketones (excluding diaryl/α,β-unsaturated/α-hetero) is 1. The van der Waals surface area contributed by atoms with Gasteiger partial charge < -0.3 is 9.47 Å². The van der Waals surface area contributed by atoms with E-state index in [2.05, 4.69) is 0 Å². The smallest absolute Gasteiger partial charge is 0.161 e. The SMILES string of the molecule is CC(C)S(=O)(=O)CC1CCC(C(=O)Cc2ccc3c(c2)OCCO3)CC1. The lowest BCUT2D eigenvalue weighted by molar-refractivity contribution is -0.123. The summed E-state index contributed by atoms with van der Waals surface area (Å²) in [7, 11) is -3.00. The van der Waals surface area contributed by atoms with Crippen LogP contribution in [0.5, 0.6) is 11.5 Å². The molecule has 0 bridgehead atoms. The molecule has 0 unspecified atom stereocenters. The predicted octanol–water partition coefficient (Wildman–Crippen LogP) is 3.20. The van der Waals surface area contributed by atoms with Crippen LogP contribution >= 0.6 is 0 Å². The highest BCUT2D eigenvalue weighted by atomic mass is 32.2. The van der Waals surface area contributed by atoms with Gasteiger partial charge in [0.2, 0.25) is 0 Å². The van der Waals surface area contributed by atoms with Gasteiger partial charge in [0.25, 0.3) is 0 Å². The maximum atomic E-state index is 12.6. The van der Waals surface area contributed by atoms with Crippen molar-refractivity contribution in [1.82, 2.24) is 0 Å². The molecule has 0 spiro atoms. The first-order valence-corrected chi connectivity index (χ1v) is 11.2. The molecule has 1 aromatic carbocycles. The first-order chi connectivity index (χ1) is 12.3. The molecular formula is C20H28O5S. The van der Waals surface area contributed by atoms with Crippen LogP contribution in [0.15, 0.2) is 18.2 Å². The zero-order valence-electron chi connectivity index (χ0n) is 15.6. The van der Waals surface area contributed by atoms with Crippen molar-refractivity contribution in [3.05, 3.63) is 23.8 Å². The second-order valence-electron chi connectivity index (χ2n) is 7.72. The Kier molecular flexibility index (Phi) is 5.90. The van der Waals surface area contributed by atoms with Crippen molar-refractivity contribution in [2.45, 2.75) is 51.2 Å². The minimum atomic E-state index is -3.00. The molecule has 0 N–H and O–H groups in total. The van der Waals surface area contributed by atoms with E-state index in [1.165, 1.54) is 0 Å². The average Bonchev–Trinajstić information content (AvgIpc) is 2.61. The Hall–Kier alpha value is -1.56. The molecule has 1 aromatic rings. The van der Waals surface area contributed by atoms with Gasteiger partial charge in [0.05, 0.1) is 11.0 Å². The lowest BCUT2D eigenvalue weighted by Gasteiger charge is -2.28. The van der Waals surface area contributed by atoms with Crippen molar-refractivity contribution in [2.24, 2.45) is 11.8 Å². The molecule has 1 heterocycles. The quantitative estimate of drug-likeness (QED) is 0.758. The van der Waals surface area contributed by atoms with E-state index < -0.39 is 9.84 Å². The monoisotopic (exact) mass is 380 g/mol. The highest BCUT2D eigenvalue weighted by Gasteiger charge is 2.30. The summed E-state index contributed by atoms with van der Waals surface area (Å²) in [4.78, 5) is 12.6. The number of ether oxygens (including phenoxy) is 2. The van der Waals surface area contributed by atoms with Crippen LogP contribution < -0.4 is 9.47 Å². The van der Waals surface area contributed by atoms with Crippen molar-refractivity contribution >= 4 is 15.6 Å². The second-order valence-corrected chi connectivity index (χ2v) is 10.3. The third-order valence-corrected chi connectivity index (χ3v) is 7.85. The van der Waals surface area contributed by atoms with E-state index in [9.17, 15) is 13.2 Å². The molecular weight excluding hydrogens is 352 g/mol. The molecule has 1 saturated carbocycles. The zero-order chi connectivity index (χ0) is 18.7. The highest BCUT2D eigenvalue weighted by molar-refractivity contribution is 7.91. The summed E-state index contributed by atoms with van der Waals surface area (Å²) < 4.78 is 35.3. The van der Waals surface area contributed by atoms with E-state index in [4.69, 9.17) is 9.47 Å². The Labute approximate surface area is 156 Å². The fourth-order valence-electron chi connectivity index (χ4n) is 3.72. The molecule has 26 heavy (non-hydrogen) atoms. The van der Waals surface area contributed by atoms with E-state index in [1.54, 1.807) is 13.8 Å². The molecule has 1 fully saturated rings. The molecule has 1 aliphatic heterocycles. The zero-order valence-corrected chi connectivity index (χ0v) is 16.4. The van der Waals surface area contributed by atoms with Crippen molar-refractivity contribution in [1.29, 1.82) is 0 Å². The largest absolute Gasteiger partial charge is 0.486 e. The molecule has 6 heteroatoms. The Bertz CT molecular complexity index is 745. The van der Waals surface area contributed by atoms with Crippen LogP contribution in [0.3, 0.4) is 0 Å². The predicted molar refractivity (Wildman–Crippen MR) is 101 cm³/mol. The number of hydrogen-bond donors (Lipinski definition) is 0. The summed E-state index contributed by atoms with van der Waals surface area (Å²) in [5.74, 6) is 2.19. The van der Waals surface area contributed by atoms with E-state index in [-0.39, 0.29) is 28.6 Å². The molecule has 0 saturated heterocycles. The van der Waals surface area contributed by atoms with E-state index in [1.807, 2.05) is 18.2 Å². The van der Waals surface area contributed by atoms with Gasteiger partial charge in [0.15, 0.2) is 21.3 Å². The van der Waals surface area contributed by atoms with E-state index in [0.29, 0.717) is 25.4 Å². The van der Waals surface area contributed by atoms with Gasteiger partial charge in [-0.15, -0.1) is 0 Å². The lowest BCUT2D eigenvalue weighted by atomic mass is 9.79.